The normalized spacial score (nSPS) is 22.1. The minimum Gasteiger partial charge on any atom is -0.378 e. The molecule has 0 radical (unpaired) electrons. The second kappa shape index (κ2) is 5.41. The molecule has 0 aromatic rings. The first-order valence-electron chi connectivity index (χ1n) is 5.80. The Morgan fingerprint density at radius 2 is 1.93 bits per heavy atom. The first-order valence-corrected chi connectivity index (χ1v) is 6.44. The molecule has 0 bridgehead atoms. The smallest absolute Gasteiger partial charge is 0.0549 e. The van der Waals surface area contributed by atoms with Gasteiger partial charge in [-0.25, -0.2) is 0 Å². The molecule has 14 heavy (non-hydrogen) atoms. The Kier molecular flexibility index (Phi) is 4.78. The maximum atomic E-state index is 5.90. The van der Waals surface area contributed by atoms with Crippen LogP contribution in [0.2, 0.25) is 0 Å². The number of rotatable bonds is 6. The van der Waals surface area contributed by atoms with Crippen LogP contribution in [0, 0.1) is 11.3 Å². The summed E-state index contributed by atoms with van der Waals surface area (Å²) in [5.74, 6) is 1.72. The highest BCUT2D eigenvalue weighted by molar-refractivity contribution is 7.80. The number of thiol groups is 1. The Morgan fingerprint density at radius 1 is 1.29 bits per heavy atom. The highest BCUT2D eigenvalue weighted by atomic mass is 32.1. The molecule has 0 N–H and O–H groups in total. The van der Waals surface area contributed by atoms with Crippen molar-refractivity contribution in [3.05, 3.63) is 0 Å². The van der Waals surface area contributed by atoms with Crippen LogP contribution >= 0.6 is 12.6 Å². The molecule has 0 amide bonds. The summed E-state index contributed by atoms with van der Waals surface area (Å²) in [5.41, 5.74) is 0.425. The van der Waals surface area contributed by atoms with Crippen LogP contribution in [0.4, 0.5) is 0 Å². The third-order valence-electron chi connectivity index (χ3n) is 3.23. The molecule has 84 valence electrons. The molecular formula is C12H24OS. The van der Waals surface area contributed by atoms with Gasteiger partial charge in [0, 0.05) is 5.41 Å². The minimum atomic E-state index is 0.410. The fourth-order valence-corrected chi connectivity index (χ4v) is 2.48. The van der Waals surface area contributed by atoms with Crippen molar-refractivity contribution in [1.82, 2.24) is 0 Å². The minimum absolute atomic E-state index is 0.410. The predicted molar refractivity (Wildman–Crippen MR) is 65.0 cm³/mol. The molecule has 1 fully saturated rings. The van der Waals surface area contributed by atoms with E-state index in [1.807, 2.05) is 0 Å². The summed E-state index contributed by atoms with van der Waals surface area (Å²) in [4.78, 5) is 0. The van der Waals surface area contributed by atoms with Crippen molar-refractivity contribution >= 4 is 12.6 Å². The zero-order valence-corrected chi connectivity index (χ0v) is 10.6. The molecule has 1 nitrogen and oxygen atoms in total. The van der Waals surface area contributed by atoms with Gasteiger partial charge in [-0.15, -0.1) is 0 Å². The quantitative estimate of drug-likeness (QED) is 0.668. The van der Waals surface area contributed by atoms with Crippen LogP contribution in [-0.4, -0.2) is 18.5 Å². The first kappa shape index (κ1) is 12.4. The lowest BCUT2D eigenvalue weighted by Crippen LogP contribution is -2.37. The van der Waals surface area contributed by atoms with E-state index in [2.05, 4.69) is 33.4 Å². The zero-order valence-electron chi connectivity index (χ0n) is 9.75. The average molecular weight is 216 g/mol. The Morgan fingerprint density at radius 3 is 2.29 bits per heavy atom. The molecule has 1 atom stereocenters. The van der Waals surface area contributed by atoms with E-state index in [0.717, 1.165) is 18.3 Å². The maximum absolute atomic E-state index is 5.90. The molecule has 1 aliphatic rings. The van der Waals surface area contributed by atoms with Gasteiger partial charge in [0.1, 0.15) is 0 Å². The number of hydrogen-bond donors (Lipinski definition) is 1. The lowest BCUT2D eigenvalue weighted by atomic mass is 9.71. The van der Waals surface area contributed by atoms with Gasteiger partial charge in [0.2, 0.25) is 0 Å². The standard InChI is InChI=1S/C12H24OS/c1-10(2)7-11(3)13-8-12(9-14)5-4-6-12/h10-11,14H,4-9H2,1-3H3. The SMILES string of the molecule is CC(C)CC(C)OCC1(CS)CCC1. The second-order valence-corrected chi connectivity index (χ2v) is 5.58. The van der Waals surface area contributed by atoms with Crippen molar-refractivity contribution in [3.8, 4) is 0 Å². The van der Waals surface area contributed by atoms with E-state index >= 15 is 0 Å². The van der Waals surface area contributed by atoms with Gasteiger partial charge in [0.25, 0.3) is 0 Å². The molecule has 1 rings (SSSR count). The summed E-state index contributed by atoms with van der Waals surface area (Å²) in [5, 5.41) is 0. The van der Waals surface area contributed by atoms with Crippen molar-refractivity contribution in [1.29, 1.82) is 0 Å². The summed E-state index contributed by atoms with van der Waals surface area (Å²) < 4.78 is 5.90. The second-order valence-electron chi connectivity index (χ2n) is 5.26. The monoisotopic (exact) mass is 216 g/mol. The summed E-state index contributed by atoms with van der Waals surface area (Å²) in [6.07, 6.45) is 5.56. The zero-order chi connectivity index (χ0) is 10.6. The topological polar surface area (TPSA) is 9.23 Å². The lowest BCUT2D eigenvalue weighted by Gasteiger charge is -2.41. The van der Waals surface area contributed by atoms with Crippen LogP contribution < -0.4 is 0 Å². The molecule has 0 spiro atoms. The van der Waals surface area contributed by atoms with Crippen molar-refractivity contribution < 1.29 is 4.74 Å². The third kappa shape index (κ3) is 3.47. The number of ether oxygens (including phenoxy) is 1. The Balaban J connectivity index is 2.18. The largest absolute Gasteiger partial charge is 0.378 e. The molecular weight excluding hydrogens is 192 g/mol. The summed E-state index contributed by atoms with van der Waals surface area (Å²) >= 11 is 4.42. The Labute approximate surface area is 94.0 Å². The van der Waals surface area contributed by atoms with Gasteiger partial charge < -0.3 is 4.74 Å². The van der Waals surface area contributed by atoms with Crippen LogP contribution in [0.15, 0.2) is 0 Å². The molecule has 0 aromatic carbocycles. The first-order chi connectivity index (χ1) is 6.58. The van der Waals surface area contributed by atoms with Crippen LogP contribution in [0.5, 0.6) is 0 Å². The van der Waals surface area contributed by atoms with Gasteiger partial charge in [-0.2, -0.15) is 12.6 Å². The molecule has 0 heterocycles. The van der Waals surface area contributed by atoms with Gasteiger partial charge in [-0.05, 0) is 37.9 Å². The third-order valence-corrected chi connectivity index (χ3v) is 3.90. The van der Waals surface area contributed by atoms with E-state index in [1.165, 1.54) is 25.7 Å². The van der Waals surface area contributed by atoms with Gasteiger partial charge in [-0.1, -0.05) is 20.3 Å². The van der Waals surface area contributed by atoms with Crippen molar-refractivity contribution in [2.24, 2.45) is 11.3 Å². The van der Waals surface area contributed by atoms with Crippen LogP contribution in [0.1, 0.15) is 46.5 Å². The summed E-state index contributed by atoms with van der Waals surface area (Å²) in [6.45, 7) is 7.60. The predicted octanol–water partition coefficient (Wildman–Crippen LogP) is 3.54. The van der Waals surface area contributed by atoms with Gasteiger partial charge >= 0.3 is 0 Å². The summed E-state index contributed by atoms with van der Waals surface area (Å²) in [7, 11) is 0. The van der Waals surface area contributed by atoms with E-state index in [4.69, 9.17) is 4.74 Å². The van der Waals surface area contributed by atoms with Gasteiger partial charge in [0.05, 0.1) is 12.7 Å². The van der Waals surface area contributed by atoms with Crippen LogP contribution in [0.3, 0.4) is 0 Å². The Bertz CT molecular complexity index is 158. The van der Waals surface area contributed by atoms with Crippen molar-refractivity contribution in [2.45, 2.75) is 52.6 Å². The number of hydrogen-bond acceptors (Lipinski definition) is 2. The van der Waals surface area contributed by atoms with E-state index in [1.54, 1.807) is 0 Å². The fourth-order valence-electron chi connectivity index (χ4n) is 2.08. The highest BCUT2D eigenvalue weighted by Crippen LogP contribution is 2.42. The molecule has 1 saturated carbocycles. The highest BCUT2D eigenvalue weighted by Gasteiger charge is 2.36. The molecule has 1 unspecified atom stereocenters. The molecule has 0 aliphatic heterocycles. The van der Waals surface area contributed by atoms with E-state index in [0.29, 0.717) is 11.5 Å². The van der Waals surface area contributed by atoms with E-state index < -0.39 is 0 Å². The van der Waals surface area contributed by atoms with Crippen LogP contribution in [-0.2, 0) is 4.74 Å². The fraction of sp³-hybridized carbons (Fsp3) is 1.00. The van der Waals surface area contributed by atoms with E-state index in [9.17, 15) is 0 Å². The van der Waals surface area contributed by atoms with Crippen molar-refractivity contribution in [3.63, 3.8) is 0 Å². The summed E-state index contributed by atoms with van der Waals surface area (Å²) in [6, 6.07) is 0. The Hall–Kier alpha value is 0.310. The average Bonchev–Trinajstić information content (AvgIpc) is 2.01. The van der Waals surface area contributed by atoms with Gasteiger partial charge in [0.15, 0.2) is 0 Å². The van der Waals surface area contributed by atoms with Gasteiger partial charge in [-0.3, -0.25) is 0 Å². The lowest BCUT2D eigenvalue weighted by molar-refractivity contribution is -0.0320. The molecule has 2 heteroatoms. The molecule has 0 saturated heterocycles. The van der Waals surface area contributed by atoms with Crippen molar-refractivity contribution in [2.75, 3.05) is 12.4 Å². The molecule has 1 aliphatic carbocycles. The maximum Gasteiger partial charge on any atom is 0.0549 e. The van der Waals surface area contributed by atoms with Crippen LogP contribution in [0.25, 0.3) is 0 Å². The molecule has 0 aromatic heterocycles. The van der Waals surface area contributed by atoms with E-state index in [-0.39, 0.29) is 0 Å².